The van der Waals surface area contributed by atoms with Crippen LogP contribution in [-0.2, 0) is 11.3 Å². The number of nitrogens with one attached hydrogen (secondary N) is 1. The number of para-hydroxylation sites is 1. The highest BCUT2D eigenvalue weighted by Crippen LogP contribution is 2.35. The molecular formula is C26H33N3O3. The lowest BCUT2D eigenvalue weighted by Gasteiger charge is -2.42. The number of carbonyl (C=O) groups excluding carboxylic acids is 1. The third kappa shape index (κ3) is 4.54. The zero-order valence-corrected chi connectivity index (χ0v) is 18.7. The highest BCUT2D eigenvalue weighted by Gasteiger charge is 2.36. The van der Waals surface area contributed by atoms with Gasteiger partial charge >= 0.3 is 0 Å². The van der Waals surface area contributed by atoms with Crippen molar-refractivity contribution < 1.29 is 9.53 Å². The molecule has 2 aliphatic heterocycles. The third-order valence-electron chi connectivity index (χ3n) is 7.37. The first-order valence-corrected chi connectivity index (χ1v) is 12.1. The quantitative estimate of drug-likeness (QED) is 0.748. The molecule has 3 aliphatic rings. The molecule has 2 fully saturated rings. The van der Waals surface area contributed by atoms with E-state index in [0.29, 0.717) is 37.2 Å². The van der Waals surface area contributed by atoms with Gasteiger partial charge in [0.1, 0.15) is 11.4 Å². The predicted molar refractivity (Wildman–Crippen MR) is 125 cm³/mol. The van der Waals surface area contributed by atoms with Gasteiger partial charge in [-0.05, 0) is 55.4 Å². The van der Waals surface area contributed by atoms with Crippen LogP contribution in [0.1, 0.15) is 50.1 Å². The van der Waals surface area contributed by atoms with Crippen molar-refractivity contribution in [2.45, 2.75) is 51.0 Å². The summed E-state index contributed by atoms with van der Waals surface area (Å²) in [5.41, 5.74) is 1.89. The van der Waals surface area contributed by atoms with Crippen molar-refractivity contribution in [3.63, 3.8) is 0 Å². The summed E-state index contributed by atoms with van der Waals surface area (Å²) in [4.78, 5) is 27.9. The van der Waals surface area contributed by atoms with Crippen molar-refractivity contribution in [3.8, 4) is 5.75 Å². The first-order chi connectivity index (χ1) is 15.7. The Hall–Kier alpha value is -2.76. The average Bonchev–Trinajstić information content (AvgIpc) is 2.83. The van der Waals surface area contributed by atoms with Gasteiger partial charge in [-0.1, -0.05) is 37.5 Å². The third-order valence-corrected chi connectivity index (χ3v) is 7.37. The van der Waals surface area contributed by atoms with Crippen LogP contribution in [0, 0.1) is 11.8 Å². The number of benzene rings is 1. The van der Waals surface area contributed by atoms with Crippen LogP contribution in [0.5, 0.6) is 5.75 Å². The molecule has 2 aromatic rings. The topological polar surface area (TPSA) is 63.6 Å². The number of amides is 1. The predicted octanol–water partition coefficient (Wildman–Crippen LogP) is 3.87. The molecule has 1 amide bonds. The number of hydrogen-bond donors (Lipinski definition) is 1. The maximum atomic E-state index is 13.2. The van der Waals surface area contributed by atoms with Crippen LogP contribution >= 0.6 is 0 Å². The van der Waals surface area contributed by atoms with Gasteiger partial charge in [-0.25, -0.2) is 0 Å². The minimum Gasteiger partial charge on any atom is -0.484 e. The van der Waals surface area contributed by atoms with Gasteiger partial charge in [-0.3, -0.25) is 9.59 Å². The molecule has 32 heavy (non-hydrogen) atoms. The second-order valence-corrected chi connectivity index (χ2v) is 9.67. The number of rotatable bonds is 6. The van der Waals surface area contributed by atoms with E-state index in [0.717, 1.165) is 24.3 Å². The molecule has 1 aromatic heterocycles. The van der Waals surface area contributed by atoms with Crippen LogP contribution in [0.4, 0.5) is 5.69 Å². The molecule has 1 saturated carbocycles. The Labute approximate surface area is 189 Å². The molecule has 2 atom stereocenters. The Morgan fingerprint density at radius 3 is 2.62 bits per heavy atom. The zero-order valence-electron chi connectivity index (χ0n) is 18.7. The number of carbonyl (C=O) groups is 1. The summed E-state index contributed by atoms with van der Waals surface area (Å²) in [7, 11) is 0. The first-order valence-electron chi connectivity index (χ1n) is 12.1. The van der Waals surface area contributed by atoms with Crippen LogP contribution in [-0.4, -0.2) is 41.6 Å². The number of aromatic nitrogens is 1. The Bertz CT molecular complexity index is 997. The van der Waals surface area contributed by atoms with Crippen LogP contribution in [0.15, 0.2) is 47.3 Å². The van der Waals surface area contributed by atoms with Gasteiger partial charge in [-0.15, -0.1) is 0 Å². The minimum atomic E-state index is 0.0186. The molecule has 0 spiro atoms. The van der Waals surface area contributed by atoms with E-state index in [4.69, 9.17) is 4.74 Å². The van der Waals surface area contributed by atoms with Crippen molar-refractivity contribution in [2.75, 3.05) is 31.6 Å². The lowest BCUT2D eigenvalue weighted by molar-refractivity contribution is -0.136. The van der Waals surface area contributed by atoms with E-state index in [1.165, 1.54) is 32.1 Å². The molecule has 0 radical (unpaired) electrons. The van der Waals surface area contributed by atoms with Crippen LogP contribution in [0.3, 0.4) is 0 Å². The Balaban J connectivity index is 1.24. The van der Waals surface area contributed by atoms with E-state index < -0.39 is 0 Å². The van der Waals surface area contributed by atoms with E-state index in [1.807, 2.05) is 45.9 Å². The van der Waals surface area contributed by atoms with E-state index in [9.17, 15) is 9.59 Å². The van der Waals surface area contributed by atoms with E-state index in [-0.39, 0.29) is 24.0 Å². The Morgan fingerprint density at radius 1 is 1.00 bits per heavy atom. The highest BCUT2D eigenvalue weighted by molar-refractivity contribution is 5.78. The van der Waals surface area contributed by atoms with Gasteiger partial charge in [-0.2, -0.15) is 0 Å². The van der Waals surface area contributed by atoms with Crippen molar-refractivity contribution in [3.05, 3.63) is 58.5 Å². The second kappa shape index (κ2) is 9.39. The Kier molecular flexibility index (Phi) is 6.19. The van der Waals surface area contributed by atoms with Crippen molar-refractivity contribution >= 4 is 11.6 Å². The fraction of sp³-hybridized carbons (Fsp3) is 0.538. The lowest BCUT2D eigenvalue weighted by Crippen LogP contribution is -2.50. The lowest BCUT2D eigenvalue weighted by atomic mass is 9.83. The summed E-state index contributed by atoms with van der Waals surface area (Å²) in [6.45, 7) is 2.99. The van der Waals surface area contributed by atoms with Crippen LogP contribution in [0.2, 0.25) is 0 Å². The molecule has 1 aromatic carbocycles. The fourth-order valence-corrected chi connectivity index (χ4v) is 5.68. The molecule has 6 nitrogen and oxygen atoms in total. The largest absolute Gasteiger partial charge is 0.484 e. The van der Waals surface area contributed by atoms with Crippen molar-refractivity contribution in [1.29, 1.82) is 0 Å². The van der Waals surface area contributed by atoms with Crippen LogP contribution in [0.25, 0.3) is 0 Å². The van der Waals surface area contributed by atoms with Gasteiger partial charge in [0.05, 0.1) is 0 Å². The monoisotopic (exact) mass is 435 g/mol. The average molecular weight is 436 g/mol. The van der Waals surface area contributed by atoms with Gasteiger partial charge in [0.15, 0.2) is 6.61 Å². The summed E-state index contributed by atoms with van der Waals surface area (Å²) in [5, 5.41) is 3.44. The van der Waals surface area contributed by atoms with Crippen LogP contribution < -0.4 is 15.6 Å². The number of fused-ring (bicyclic) bond motifs is 4. The molecule has 6 heteroatoms. The summed E-state index contributed by atoms with van der Waals surface area (Å²) in [6, 6.07) is 13.5. The number of likely N-dealkylation sites (tertiary alicyclic amines) is 1. The second-order valence-electron chi connectivity index (χ2n) is 9.67. The summed E-state index contributed by atoms with van der Waals surface area (Å²) in [5.74, 6) is 1.94. The molecule has 1 aliphatic carbocycles. The molecule has 1 N–H and O–H groups in total. The highest BCUT2D eigenvalue weighted by atomic mass is 16.5. The SMILES string of the molecule is O=C(COc1ccccc1)N1CC2CC(C1)c1ccc(NCC3CCCCC3)c(=O)n1C2. The number of piperidine rings is 1. The standard InChI is InChI=1S/C26H33N3O3/c30-25(18-32-22-9-5-2-6-10-22)28-15-20-13-21(17-28)24-12-11-23(26(31)29(24)16-20)27-14-19-7-3-1-4-8-19/h2,5-6,9-12,19-21,27H,1,3-4,7-8,13-18H2. The molecule has 170 valence electrons. The number of ether oxygens (including phenoxy) is 1. The Morgan fingerprint density at radius 2 is 1.81 bits per heavy atom. The number of pyridine rings is 1. The van der Waals surface area contributed by atoms with Crippen molar-refractivity contribution in [1.82, 2.24) is 9.47 Å². The maximum absolute atomic E-state index is 13.2. The van der Waals surface area contributed by atoms with Gasteiger partial charge in [0.25, 0.3) is 11.5 Å². The summed E-state index contributed by atoms with van der Waals surface area (Å²) < 4.78 is 7.63. The van der Waals surface area contributed by atoms with E-state index >= 15 is 0 Å². The smallest absolute Gasteiger partial charge is 0.274 e. The molecule has 5 rings (SSSR count). The number of anilines is 1. The molecule has 1 saturated heterocycles. The van der Waals surface area contributed by atoms with E-state index in [1.54, 1.807) is 0 Å². The molecule has 3 heterocycles. The van der Waals surface area contributed by atoms with Gasteiger partial charge in [0.2, 0.25) is 0 Å². The minimum absolute atomic E-state index is 0.0186. The zero-order chi connectivity index (χ0) is 21.9. The fourth-order valence-electron chi connectivity index (χ4n) is 5.68. The summed E-state index contributed by atoms with van der Waals surface area (Å²) >= 11 is 0. The van der Waals surface area contributed by atoms with Gasteiger partial charge in [0, 0.05) is 37.8 Å². The molecule has 2 unspecified atom stereocenters. The molecular weight excluding hydrogens is 402 g/mol. The number of nitrogens with zero attached hydrogens (tertiary/aromatic N) is 2. The van der Waals surface area contributed by atoms with E-state index in [2.05, 4.69) is 11.4 Å². The van der Waals surface area contributed by atoms with Crippen molar-refractivity contribution in [2.24, 2.45) is 11.8 Å². The summed E-state index contributed by atoms with van der Waals surface area (Å²) in [6.07, 6.45) is 7.54. The maximum Gasteiger partial charge on any atom is 0.274 e. The number of hydrogen-bond acceptors (Lipinski definition) is 4. The normalized spacial score (nSPS) is 22.8. The first kappa shape index (κ1) is 21.1. The van der Waals surface area contributed by atoms with Gasteiger partial charge < -0.3 is 19.5 Å². The molecule has 2 bridgehead atoms.